The van der Waals surface area contributed by atoms with Crippen molar-refractivity contribution in [2.45, 2.75) is 45.4 Å². The number of hydrogen-bond acceptors (Lipinski definition) is 3. The lowest BCUT2D eigenvalue weighted by Gasteiger charge is -2.41. The van der Waals surface area contributed by atoms with Crippen LogP contribution in [0.4, 0.5) is 4.39 Å². The molecule has 0 aromatic heterocycles. The van der Waals surface area contributed by atoms with Crippen LogP contribution in [0.2, 0.25) is 0 Å². The van der Waals surface area contributed by atoms with Crippen LogP contribution >= 0.6 is 0 Å². The third-order valence-corrected chi connectivity index (χ3v) is 3.28. The molecule has 1 saturated heterocycles. The minimum Gasteiger partial charge on any atom is -0.491 e. The van der Waals surface area contributed by atoms with Crippen LogP contribution in [0.1, 0.15) is 39.4 Å². The molecule has 2 atom stereocenters. The van der Waals surface area contributed by atoms with Crippen molar-refractivity contribution in [3.05, 3.63) is 29.6 Å². The second kappa shape index (κ2) is 5.47. The van der Waals surface area contributed by atoms with Crippen LogP contribution in [0.25, 0.3) is 0 Å². The van der Waals surface area contributed by atoms with E-state index >= 15 is 0 Å². The monoisotopic (exact) mass is 267 g/mol. The summed E-state index contributed by atoms with van der Waals surface area (Å²) in [5.41, 5.74) is 0.802. The molecule has 0 bridgehead atoms. The molecule has 1 aromatic carbocycles. The molecule has 0 amide bonds. The zero-order valence-electron chi connectivity index (χ0n) is 12.0. The van der Waals surface area contributed by atoms with Crippen molar-refractivity contribution < 1.29 is 13.9 Å². The number of hydrogen-bond donors (Lipinski definition) is 1. The highest BCUT2D eigenvalue weighted by atomic mass is 19.1. The predicted octanol–water partition coefficient (Wildman–Crippen LogP) is 3.05. The van der Waals surface area contributed by atoms with Gasteiger partial charge >= 0.3 is 0 Å². The fraction of sp³-hybridized carbons (Fsp3) is 0.600. The third kappa shape index (κ3) is 3.25. The zero-order chi connectivity index (χ0) is 14.0. The van der Waals surface area contributed by atoms with Crippen LogP contribution in [-0.4, -0.2) is 24.8 Å². The Bertz CT molecular complexity index is 448. The standard InChI is InChI=1S/C15H22FNO2/c1-5-18-13-7-6-11(8-12(13)16)14-10(2)17-15(3,4)9-19-14/h6-8,10,14,17H,5,9H2,1-4H3. The van der Waals surface area contributed by atoms with Crippen LogP contribution in [-0.2, 0) is 4.74 Å². The Labute approximate surface area is 114 Å². The van der Waals surface area contributed by atoms with Crippen molar-refractivity contribution in [2.24, 2.45) is 0 Å². The quantitative estimate of drug-likeness (QED) is 0.913. The van der Waals surface area contributed by atoms with E-state index in [1.807, 2.05) is 13.0 Å². The van der Waals surface area contributed by atoms with Gasteiger partial charge < -0.3 is 14.8 Å². The van der Waals surface area contributed by atoms with Gasteiger partial charge in [-0.25, -0.2) is 4.39 Å². The third-order valence-electron chi connectivity index (χ3n) is 3.28. The highest BCUT2D eigenvalue weighted by Crippen LogP contribution is 2.30. The molecule has 2 rings (SSSR count). The molecule has 3 nitrogen and oxygen atoms in total. The van der Waals surface area contributed by atoms with Gasteiger partial charge in [0.15, 0.2) is 11.6 Å². The average Bonchev–Trinajstić information content (AvgIpc) is 2.31. The highest BCUT2D eigenvalue weighted by Gasteiger charge is 2.33. The van der Waals surface area contributed by atoms with E-state index in [1.54, 1.807) is 6.07 Å². The summed E-state index contributed by atoms with van der Waals surface area (Å²) in [6, 6.07) is 5.19. The first-order valence-electron chi connectivity index (χ1n) is 6.74. The number of nitrogens with one attached hydrogen (secondary N) is 1. The van der Waals surface area contributed by atoms with E-state index in [-0.39, 0.29) is 23.5 Å². The van der Waals surface area contributed by atoms with Crippen LogP contribution in [0.3, 0.4) is 0 Å². The summed E-state index contributed by atoms with van der Waals surface area (Å²) < 4.78 is 25.0. The summed E-state index contributed by atoms with van der Waals surface area (Å²) in [4.78, 5) is 0. The molecule has 1 aliphatic heterocycles. The molecular formula is C15H22FNO2. The van der Waals surface area contributed by atoms with Crippen molar-refractivity contribution in [3.63, 3.8) is 0 Å². The van der Waals surface area contributed by atoms with Crippen LogP contribution in [0.5, 0.6) is 5.75 Å². The molecule has 1 aromatic rings. The molecule has 19 heavy (non-hydrogen) atoms. The zero-order valence-corrected chi connectivity index (χ0v) is 12.0. The van der Waals surface area contributed by atoms with Gasteiger partial charge in [-0.05, 0) is 45.4 Å². The number of halogens is 1. The molecule has 106 valence electrons. The molecule has 1 aliphatic rings. The molecule has 0 saturated carbocycles. The van der Waals surface area contributed by atoms with Gasteiger partial charge in [-0.2, -0.15) is 0 Å². The fourth-order valence-corrected chi connectivity index (χ4v) is 2.53. The maximum absolute atomic E-state index is 13.9. The maximum atomic E-state index is 13.9. The minimum absolute atomic E-state index is 0.0419. The smallest absolute Gasteiger partial charge is 0.165 e. The lowest BCUT2D eigenvalue weighted by Crippen LogP contribution is -2.55. The highest BCUT2D eigenvalue weighted by molar-refractivity contribution is 5.31. The number of morpholine rings is 1. The number of rotatable bonds is 3. The van der Waals surface area contributed by atoms with E-state index in [1.165, 1.54) is 6.07 Å². The Morgan fingerprint density at radius 3 is 2.79 bits per heavy atom. The Morgan fingerprint density at radius 1 is 1.47 bits per heavy atom. The summed E-state index contributed by atoms with van der Waals surface area (Å²) >= 11 is 0. The minimum atomic E-state index is -0.333. The van der Waals surface area contributed by atoms with E-state index in [0.29, 0.717) is 19.0 Å². The molecule has 0 aliphatic carbocycles. The van der Waals surface area contributed by atoms with Crippen LogP contribution < -0.4 is 10.1 Å². The average molecular weight is 267 g/mol. The van der Waals surface area contributed by atoms with Crippen molar-refractivity contribution in [1.29, 1.82) is 0 Å². The fourth-order valence-electron chi connectivity index (χ4n) is 2.53. The van der Waals surface area contributed by atoms with Crippen LogP contribution in [0.15, 0.2) is 18.2 Å². The van der Waals surface area contributed by atoms with Gasteiger partial charge in [0, 0.05) is 11.6 Å². The second-order valence-corrected chi connectivity index (χ2v) is 5.67. The lowest BCUT2D eigenvalue weighted by atomic mass is 9.96. The first-order chi connectivity index (χ1) is 8.93. The van der Waals surface area contributed by atoms with Gasteiger partial charge in [-0.3, -0.25) is 0 Å². The Morgan fingerprint density at radius 2 is 2.21 bits per heavy atom. The number of ether oxygens (including phenoxy) is 2. The van der Waals surface area contributed by atoms with E-state index in [9.17, 15) is 4.39 Å². The Balaban J connectivity index is 2.16. The summed E-state index contributed by atoms with van der Waals surface area (Å²) in [6.45, 7) is 9.15. The van der Waals surface area contributed by atoms with Gasteiger partial charge in [0.1, 0.15) is 0 Å². The van der Waals surface area contributed by atoms with Crippen molar-refractivity contribution >= 4 is 0 Å². The van der Waals surface area contributed by atoms with Crippen molar-refractivity contribution in [3.8, 4) is 5.75 Å². The molecule has 2 unspecified atom stereocenters. The lowest BCUT2D eigenvalue weighted by molar-refractivity contribution is -0.0497. The second-order valence-electron chi connectivity index (χ2n) is 5.67. The Kier molecular flexibility index (Phi) is 4.11. The molecular weight excluding hydrogens is 245 g/mol. The first kappa shape index (κ1) is 14.3. The largest absolute Gasteiger partial charge is 0.491 e. The summed E-state index contributed by atoms with van der Waals surface area (Å²) in [5.74, 6) is -0.0389. The summed E-state index contributed by atoms with van der Waals surface area (Å²) in [5, 5.41) is 3.48. The molecule has 0 radical (unpaired) electrons. The molecule has 1 fully saturated rings. The maximum Gasteiger partial charge on any atom is 0.165 e. The predicted molar refractivity (Wildman–Crippen MR) is 72.9 cm³/mol. The van der Waals surface area contributed by atoms with Gasteiger partial charge in [0.05, 0.1) is 19.3 Å². The van der Waals surface area contributed by atoms with E-state index in [4.69, 9.17) is 9.47 Å². The molecule has 0 spiro atoms. The Hall–Kier alpha value is -1.13. The topological polar surface area (TPSA) is 30.5 Å². The van der Waals surface area contributed by atoms with E-state index in [0.717, 1.165) is 5.56 Å². The molecule has 1 heterocycles. The molecule has 1 N–H and O–H groups in total. The van der Waals surface area contributed by atoms with Crippen LogP contribution in [0, 0.1) is 5.82 Å². The normalized spacial score (nSPS) is 26.2. The van der Waals surface area contributed by atoms with E-state index < -0.39 is 0 Å². The summed E-state index contributed by atoms with van der Waals surface area (Å²) in [7, 11) is 0. The van der Waals surface area contributed by atoms with E-state index in [2.05, 4.69) is 26.1 Å². The van der Waals surface area contributed by atoms with Crippen molar-refractivity contribution in [2.75, 3.05) is 13.2 Å². The summed E-state index contributed by atoms with van der Waals surface area (Å²) in [6.07, 6.45) is -0.127. The van der Waals surface area contributed by atoms with Crippen molar-refractivity contribution in [1.82, 2.24) is 5.32 Å². The number of benzene rings is 1. The molecule has 4 heteroatoms. The van der Waals surface area contributed by atoms with Gasteiger partial charge in [-0.15, -0.1) is 0 Å². The van der Waals surface area contributed by atoms with Gasteiger partial charge in [-0.1, -0.05) is 6.07 Å². The first-order valence-corrected chi connectivity index (χ1v) is 6.74. The SMILES string of the molecule is CCOc1ccc(C2OCC(C)(C)NC2C)cc1F. The van der Waals surface area contributed by atoms with Gasteiger partial charge in [0.2, 0.25) is 0 Å². The van der Waals surface area contributed by atoms with Gasteiger partial charge in [0.25, 0.3) is 0 Å².